The van der Waals surface area contributed by atoms with Gasteiger partial charge in [0.15, 0.2) is 0 Å². The minimum absolute atomic E-state index is 0.468. The smallest absolute Gasteiger partial charge is 0.0162 e. The van der Waals surface area contributed by atoms with Gasteiger partial charge in [0.05, 0.1) is 0 Å². The van der Waals surface area contributed by atoms with Crippen LogP contribution in [-0.4, -0.2) is 19.1 Å². The molecule has 2 atom stereocenters. The monoisotopic (exact) mass is 186 g/mol. The Hall–Kier alpha value is -0.0800. The van der Waals surface area contributed by atoms with E-state index in [0.29, 0.717) is 6.04 Å². The van der Waals surface area contributed by atoms with E-state index < -0.39 is 0 Å². The second-order valence-corrected chi connectivity index (χ2v) is 3.96. The first-order chi connectivity index (χ1) is 6.24. The molecule has 0 aromatic heterocycles. The number of nitrogens with two attached hydrogens (primary N) is 1. The number of rotatable bonds is 8. The Kier molecular flexibility index (Phi) is 8.46. The van der Waals surface area contributed by atoms with Gasteiger partial charge in [0.25, 0.3) is 0 Å². The van der Waals surface area contributed by atoms with E-state index >= 15 is 0 Å². The van der Waals surface area contributed by atoms with Crippen molar-refractivity contribution < 1.29 is 0 Å². The summed E-state index contributed by atoms with van der Waals surface area (Å²) in [6.07, 6.45) is 5.31. The molecule has 0 rings (SSSR count). The highest BCUT2D eigenvalue weighted by molar-refractivity contribution is 4.66. The van der Waals surface area contributed by atoms with Crippen LogP contribution in [0, 0.1) is 5.92 Å². The fourth-order valence-corrected chi connectivity index (χ4v) is 1.39. The van der Waals surface area contributed by atoms with E-state index in [-0.39, 0.29) is 0 Å². The Bertz CT molecular complexity index is 104. The van der Waals surface area contributed by atoms with Crippen molar-refractivity contribution in [1.82, 2.24) is 5.32 Å². The SMILES string of the molecule is CCCCC(CC)CNC(C)CN. The van der Waals surface area contributed by atoms with Crippen LogP contribution in [0.1, 0.15) is 46.5 Å². The van der Waals surface area contributed by atoms with E-state index in [4.69, 9.17) is 5.73 Å². The lowest BCUT2D eigenvalue weighted by molar-refractivity contribution is 0.397. The average Bonchev–Trinajstić information content (AvgIpc) is 2.17. The first-order valence-corrected chi connectivity index (χ1v) is 5.68. The van der Waals surface area contributed by atoms with Gasteiger partial charge in [-0.1, -0.05) is 33.1 Å². The number of hydrogen-bond donors (Lipinski definition) is 2. The Morgan fingerprint density at radius 3 is 2.46 bits per heavy atom. The molecule has 0 aromatic rings. The molecule has 0 saturated carbocycles. The van der Waals surface area contributed by atoms with Gasteiger partial charge in [-0.15, -0.1) is 0 Å². The van der Waals surface area contributed by atoms with Crippen LogP contribution in [0.15, 0.2) is 0 Å². The van der Waals surface area contributed by atoms with Gasteiger partial charge < -0.3 is 11.1 Å². The van der Waals surface area contributed by atoms with Crippen molar-refractivity contribution in [3.63, 3.8) is 0 Å². The van der Waals surface area contributed by atoms with Gasteiger partial charge in [-0.05, 0) is 25.8 Å². The third-order valence-corrected chi connectivity index (χ3v) is 2.65. The van der Waals surface area contributed by atoms with E-state index in [1.165, 1.54) is 25.7 Å². The summed E-state index contributed by atoms with van der Waals surface area (Å²) in [6, 6.07) is 0.468. The molecule has 0 aliphatic rings. The normalized spacial score (nSPS) is 15.7. The van der Waals surface area contributed by atoms with Gasteiger partial charge >= 0.3 is 0 Å². The summed E-state index contributed by atoms with van der Waals surface area (Å²) in [7, 11) is 0. The molecule has 2 nitrogen and oxygen atoms in total. The summed E-state index contributed by atoms with van der Waals surface area (Å²) in [6.45, 7) is 8.55. The first-order valence-electron chi connectivity index (χ1n) is 5.68. The Balaban J connectivity index is 3.46. The fourth-order valence-electron chi connectivity index (χ4n) is 1.39. The van der Waals surface area contributed by atoms with Crippen molar-refractivity contribution in [2.24, 2.45) is 11.7 Å². The van der Waals surface area contributed by atoms with Crippen molar-refractivity contribution in [2.75, 3.05) is 13.1 Å². The average molecular weight is 186 g/mol. The van der Waals surface area contributed by atoms with Crippen LogP contribution in [0.5, 0.6) is 0 Å². The van der Waals surface area contributed by atoms with Crippen LogP contribution in [0.3, 0.4) is 0 Å². The lowest BCUT2D eigenvalue weighted by Gasteiger charge is -2.18. The molecule has 0 aliphatic carbocycles. The van der Waals surface area contributed by atoms with E-state index in [2.05, 4.69) is 26.1 Å². The van der Waals surface area contributed by atoms with Crippen molar-refractivity contribution >= 4 is 0 Å². The van der Waals surface area contributed by atoms with Crippen LogP contribution >= 0.6 is 0 Å². The molecule has 0 heterocycles. The minimum atomic E-state index is 0.468. The second kappa shape index (κ2) is 8.52. The third kappa shape index (κ3) is 7.03. The highest BCUT2D eigenvalue weighted by atomic mass is 14.9. The number of unbranched alkanes of at least 4 members (excludes halogenated alkanes) is 1. The molecule has 0 radical (unpaired) electrons. The molecule has 0 saturated heterocycles. The van der Waals surface area contributed by atoms with Crippen molar-refractivity contribution in [3.8, 4) is 0 Å². The van der Waals surface area contributed by atoms with Gasteiger partial charge in [0.2, 0.25) is 0 Å². The highest BCUT2D eigenvalue weighted by Gasteiger charge is 2.06. The molecule has 0 amide bonds. The highest BCUT2D eigenvalue weighted by Crippen LogP contribution is 2.11. The Labute approximate surface area is 83.3 Å². The fraction of sp³-hybridized carbons (Fsp3) is 1.00. The van der Waals surface area contributed by atoms with Gasteiger partial charge in [-0.3, -0.25) is 0 Å². The third-order valence-electron chi connectivity index (χ3n) is 2.65. The summed E-state index contributed by atoms with van der Waals surface area (Å²) in [5, 5.41) is 3.47. The Morgan fingerprint density at radius 2 is 2.00 bits per heavy atom. The molecule has 80 valence electrons. The predicted molar refractivity (Wildman–Crippen MR) is 59.8 cm³/mol. The standard InChI is InChI=1S/C11H26N2/c1-4-6-7-11(5-2)9-13-10(3)8-12/h10-11,13H,4-9,12H2,1-3H3. The molecule has 2 heteroatoms. The molecular weight excluding hydrogens is 160 g/mol. The molecule has 0 spiro atoms. The lowest BCUT2D eigenvalue weighted by atomic mass is 9.99. The zero-order chi connectivity index (χ0) is 10.1. The van der Waals surface area contributed by atoms with Crippen molar-refractivity contribution in [2.45, 2.75) is 52.5 Å². The van der Waals surface area contributed by atoms with Crippen LogP contribution < -0.4 is 11.1 Å². The maximum atomic E-state index is 5.54. The van der Waals surface area contributed by atoms with Gasteiger partial charge in [0.1, 0.15) is 0 Å². The minimum Gasteiger partial charge on any atom is -0.329 e. The molecule has 13 heavy (non-hydrogen) atoms. The summed E-state index contributed by atoms with van der Waals surface area (Å²) in [5.41, 5.74) is 5.54. The largest absolute Gasteiger partial charge is 0.329 e. The summed E-state index contributed by atoms with van der Waals surface area (Å²) in [5.74, 6) is 0.842. The summed E-state index contributed by atoms with van der Waals surface area (Å²) >= 11 is 0. The van der Waals surface area contributed by atoms with Crippen LogP contribution in [-0.2, 0) is 0 Å². The number of nitrogens with one attached hydrogen (secondary N) is 1. The second-order valence-electron chi connectivity index (χ2n) is 3.96. The van der Waals surface area contributed by atoms with Crippen LogP contribution in [0.25, 0.3) is 0 Å². The van der Waals surface area contributed by atoms with Gasteiger partial charge in [-0.2, -0.15) is 0 Å². The van der Waals surface area contributed by atoms with Crippen LogP contribution in [0.2, 0.25) is 0 Å². The zero-order valence-electron chi connectivity index (χ0n) is 9.47. The molecule has 0 fully saturated rings. The van der Waals surface area contributed by atoms with E-state index in [1.807, 2.05) is 0 Å². The van der Waals surface area contributed by atoms with Crippen LogP contribution in [0.4, 0.5) is 0 Å². The molecule has 0 aliphatic heterocycles. The Morgan fingerprint density at radius 1 is 1.31 bits per heavy atom. The molecule has 0 aromatic carbocycles. The van der Waals surface area contributed by atoms with Gasteiger partial charge in [-0.25, -0.2) is 0 Å². The molecule has 3 N–H and O–H groups in total. The zero-order valence-corrected chi connectivity index (χ0v) is 9.47. The van der Waals surface area contributed by atoms with Crippen molar-refractivity contribution in [3.05, 3.63) is 0 Å². The maximum Gasteiger partial charge on any atom is 0.0162 e. The lowest BCUT2D eigenvalue weighted by Crippen LogP contribution is -2.36. The molecular formula is C11H26N2. The van der Waals surface area contributed by atoms with Crippen molar-refractivity contribution in [1.29, 1.82) is 0 Å². The van der Waals surface area contributed by atoms with E-state index in [1.54, 1.807) is 0 Å². The van der Waals surface area contributed by atoms with E-state index in [0.717, 1.165) is 19.0 Å². The topological polar surface area (TPSA) is 38.0 Å². The maximum absolute atomic E-state index is 5.54. The molecule has 0 bridgehead atoms. The number of hydrogen-bond acceptors (Lipinski definition) is 2. The summed E-state index contributed by atoms with van der Waals surface area (Å²) in [4.78, 5) is 0. The van der Waals surface area contributed by atoms with Gasteiger partial charge in [0, 0.05) is 12.6 Å². The summed E-state index contributed by atoms with van der Waals surface area (Å²) < 4.78 is 0. The first kappa shape index (κ1) is 12.9. The quantitative estimate of drug-likeness (QED) is 0.609. The predicted octanol–water partition coefficient (Wildman–Crippen LogP) is 2.14. The molecule has 2 unspecified atom stereocenters. The van der Waals surface area contributed by atoms with E-state index in [9.17, 15) is 0 Å².